The van der Waals surface area contributed by atoms with Crippen LogP contribution >= 0.6 is 0 Å². The lowest BCUT2D eigenvalue weighted by molar-refractivity contribution is -0.123. The van der Waals surface area contributed by atoms with Crippen LogP contribution in [0.2, 0.25) is 0 Å². The van der Waals surface area contributed by atoms with Crippen molar-refractivity contribution in [2.24, 2.45) is 5.92 Å². The molecule has 0 unspecified atom stereocenters. The molecule has 24 heavy (non-hydrogen) atoms. The largest absolute Gasteiger partial charge is 0.355 e. The zero-order valence-corrected chi connectivity index (χ0v) is 14.6. The van der Waals surface area contributed by atoms with Gasteiger partial charge in [0.05, 0.1) is 5.56 Å². The number of piperidine rings is 1. The molecule has 5 nitrogen and oxygen atoms in total. The summed E-state index contributed by atoms with van der Waals surface area (Å²) < 4.78 is 0. The van der Waals surface area contributed by atoms with Crippen molar-refractivity contribution in [3.8, 4) is 6.07 Å². The predicted molar refractivity (Wildman–Crippen MR) is 93.8 cm³/mol. The zero-order chi connectivity index (χ0) is 17.1. The number of pyridine rings is 1. The van der Waals surface area contributed by atoms with Gasteiger partial charge in [0.25, 0.3) is 0 Å². The highest BCUT2D eigenvalue weighted by molar-refractivity contribution is 5.76. The first-order valence-corrected chi connectivity index (χ1v) is 8.99. The summed E-state index contributed by atoms with van der Waals surface area (Å²) in [6.07, 6.45) is 6.12. The second kappa shape index (κ2) is 7.21. The first kappa shape index (κ1) is 16.8. The molecule has 1 amide bonds. The van der Waals surface area contributed by atoms with Crippen molar-refractivity contribution < 1.29 is 4.79 Å². The summed E-state index contributed by atoms with van der Waals surface area (Å²) in [4.78, 5) is 18.9. The number of amides is 1. The third kappa shape index (κ3) is 3.69. The lowest BCUT2D eigenvalue weighted by Gasteiger charge is -2.34. The maximum absolute atomic E-state index is 12.1. The average molecular weight is 326 g/mol. The summed E-state index contributed by atoms with van der Waals surface area (Å²) in [6, 6.07) is 4.68. The van der Waals surface area contributed by atoms with E-state index in [1.165, 1.54) is 6.42 Å². The molecule has 2 aliphatic rings. The van der Waals surface area contributed by atoms with E-state index in [4.69, 9.17) is 0 Å². The minimum Gasteiger partial charge on any atom is -0.355 e. The maximum Gasteiger partial charge on any atom is 0.220 e. The van der Waals surface area contributed by atoms with Crippen LogP contribution in [0.15, 0.2) is 6.07 Å². The summed E-state index contributed by atoms with van der Waals surface area (Å²) in [5, 5.41) is 12.6. The highest BCUT2D eigenvalue weighted by Gasteiger charge is 2.26. The Morgan fingerprint density at radius 3 is 2.62 bits per heavy atom. The van der Waals surface area contributed by atoms with E-state index < -0.39 is 0 Å². The molecule has 0 bridgehead atoms. The van der Waals surface area contributed by atoms with Crippen molar-refractivity contribution in [2.75, 3.05) is 18.0 Å². The molecule has 0 aromatic carbocycles. The van der Waals surface area contributed by atoms with Crippen LogP contribution in [0.3, 0.4) is 0 Å². The van der Waals surface area contributed by atoms with E-state index in [9.17, 15) is 10.1 Å². The van der Waals surface area contributed by atoms with E-state index >= 15 is 0 Å². The zero-order valence-electron chi connectivity index (χ0n) is 14.6. The van der Waals surface area contributed by atoms with Crippen molar-refractivity contribution in [3.05, 3.63) is 22.9 Å². The Morgan fingerprint density at radius 2 is 2.04 bits per heavy atom. The van der Waals surface area contributed by atoms with Gasteiger partial charge in [-0.05, 0) is 63.5 Å². The summed E-state index contributed by atoms with van der Waals surface area (Å²) in [5.74, 6) is 1.46. The molecule has 0 radical (unpaired) electrons. The van der Waals surface area contributed by atoms with Crippen LogP contribution in [-0.2, 0) is 4.79 Å². The number of rotatable bonds is 4. The molecule has 3 rings (SSSR count). The van der Waals surface area contributed by atoms with Gasteiger partial charge >= 0.3 is 0 Å². The first-order chi connectivity index (χ1) is 11.6. The van der Waals surface area contributed by atoms with Crippen LogP contribution < -0.4 is 10.2 Å². The van der Waals surface area contributed by atoms with Crippen LogP contribution in [-0.4, -0.2) is 30.0 Å². The summed E-state index contributed by atoms with van der Waals surface area (Å²) in [5.41, 5.74) is 2.62. The molecule has 1 saturated heterocycles. The van der Waals surface area contributed by atoms with Gasteiger partial charge in [-0.3, -0.25) is 4.79 Å². The lowest BCUT2D eigenvalue weighted by atomic mass is 9.90. The molecule has 1 aliphatic heterocycles. The Morgan fingerprint density at radius 1 is 1.33 bits per heavy atom. The number of anilines is 1. The fourth-order valence-corrected chi connectivity index (χ4v) is 3.63. The summed E-state index contributed by atoms with van der Waals surface area (Å²) in [6.45, 7) is 5.67. The molecular weight excluding hydrogens is 300 g/mol. The number of aromatic nitrogens is 1. The number of nitrogens with zero attached hydrogens (tertiary/aromatic N) is 3. The molecule has 1 N–H and O–H groups in total. The van der Waals surface area contributed by atoms with Gasteiger partial charge < -0.3 is 10.2 Å². The van der Waals surface area contributed by atoms with Crippen LogP contribution in [0.25, 0.3) is 0 Å². The molecule has 128 valence electrons. The van der Waals surface area contributed by atoms with E-state index in [0.717, 1.165) is 55.8 Å². The standard InChI is InChI=1S/C19H26N4O/c1-13-10-14(2)21-19(17(13)12-20)23-8-6-15(7-9-23)11-18(24)22-16-4-3-5-16/h10,15-16H,3-9,11H2,1-2H3,(H,22,24). The number of carbonyl (C=O) groups is 1. The number of hydrogen-bond acceptors (Lipinski definition) is 4. The molecule has 1 aliphatic carbocycles. The number of hydrogen-bond donors (Lipinski definition) is 1. The van der Waals surface area contributed by atoms with E-state index in [1.807, 2.05) is 19.9 Å². The SMILES string of the molecule is Cc1cc(C)c(C#N)c(N2CCC(CC(=O)NC3CCC3)CC2)n1. The van der Waals surface area contributed by atoms with Crippen LogP contribution in [0.5, 0.6) is 0 Å². The van der Waals surface area contributed by atoms with Crippen LogP contribution in [0.1, 0.15) is 55.3 Å². The highest BCUT2D eigenvalue weighted by Crippen LogP contribution is 2.28. The minimum absolute atomic E-state index is 0.209. The maximum atomic E-state index is 12.1. The van der Waals surface area contributed by atoms with Gasteiger partial charge in [0.1, 0.15) is 11.9 Å². The number of aryl methyl sites for hydroxylation is 2. The molecule has 5 heteroatoms. The quantitative estimate of drug-likeness (QED) is 0.924. The van der Waals surface area contributed by atoms with Crippen molar-refractivity contribution in [1.29, 1.82) is 5.26 Å². The lowest BCUT2D eigenvalue weighted by Crippen LogP contribution is -2.41. The fraction of sp³-hybridized carbons (Fsp3) is 0.632. The van der Waals surface area contributed by atoms with Crippen molar-refractivity contribution in [3.63, 3.8) is 0 Å². The average Bonchev–Trinajstić information content (AvgIpc) is 2.51. The van der Waals surface area contributed by atoms with Gasteiger partial charge in [-0.25, -0.2) is 4.98 Å². The Labute approximate surface area is 144 Å². The molecule has 1 aromatic heterocycles. The number of carbonyl (C=O) groups excluding carboxylic acids is 1. The van der Waals surface area contributed by atoms with Gasteiger partial charge in [0.15, 0.2) is 0 Å². The highest BCUT2D eigenvalue weighted by atomic mass is 16.1. The molecule has 2 fully saturated rings. The Kier molecular flexibility index (Phi) is 5.03. The van der Waals surface area contributed by atoms with Gasteiger partial charge in [-0.2, -0.15) is 5.26 Å². The molecule has 0 spiro atoms. The van der Waals surface area contributed by atoms with E-state index in [1.54, 1.807) is 0 Å². The van der Waals surface area contributed by atoms with E-state index in [-0.39, 0.29) is 5.91 Å². The van der Waals surface area contributed by atoms with Crippen LogP contribution in [0, 0.1) is 31.1 Å². The van der Waals surface area contributed by atoms with Gasteiger partial charge in [0.2, 0.25) is 5.91 Å². The Balaban J connectivity index is 1.57. The van der Waals surface area contributed by atoms with Crippen molar-refractivity contribution in [1.82, 2.24) is 10.3 Å². The monoisotopic (exact) mass is 326 g/mol. The third-order valence-electron chi connectivity index (χ3n) is 5.30. The normalized spacial score (nSPS) is 18.8. The van der Waals surface area contributed by atoms with Gasteiger partial charge in [0, 0.05) is 31.2 Å². The van der Waals surface area contributed by atoms with E-state index in [0.29, 0.717) is 23.9 Å². The molecule has 1 aromatic rings. The summed E-state index contributed by atoms with van der Waals surface area (Å²) in [7, 11) is 0. The third-order valence-corrected chi connectivity index (χ3v) is 5.30. The first-order valence-electron chi connectivity index (χ1n) is 8.99. The topological polar surface area (TPSA) is 69.0 Å². The Bertz CT molecular complexity index is 652. The fourth-order valence-electron chi connectivity index (χ4n) is 3.63. The second-order valence-corrected chi connectivity index (χ2v) is 7.22. The molecule has 1 saturated carbocycles. The van der Waals surface area contributed by atoms with Crippen molar-refractivity contribution >= 4 is 11.7 Å². The molecular formula is C19H26N4O. The summed E-state index contributed by atoms with van der Waals surface area (Å²) >= 11 is 0. The predicted octanol–water partition coefficient (Wildman–Crippen LogP) is 2.85. The molecule has 0 atom stereocenters. The van der Waals surface area contributed by atoms with Crippen LogP contribution in [0.4, 0.5) is 5.82 Å². The Hall–Kier alpha value is -2.09. The number of nitriles is 1. The second-order valence-electron chi connectivity index (χ2n) is 7.22. The molecule has 2 heterocycles. The van der Waals surface area contributed by atoms with E-state index in [2.05, 4.69) is 21.3 Å². The van der Waals surface area contributed by atoms with Gasteiger partial charge in [-0.15, -0.1) is 0 Å². The van der Waals surface area contributed by atoms with Crippen molar-refractivity contribution in [2.45, 2.75) is 58.4 Å². The smallest absolute Gasteiger partial charge is 0.220 e. The minimum atomic E-state index is 0.209. The number of nitrogens with one attached hydrogen (secondary N) is 1. The van der Waals surface area contributed by atoms with Gasteiger partial charge in [-0.1, -0.05) is 0 Å².